The average molecular weight is 327 g/mol. The van der Waals surface area contributed by atoms with Crippen molar-refractivity contribution in [1.29, 1.82) is 0 Å². The highest BCUT2D eigenvalue weighted by Gasteiger charge is 2.51. The maximum atomic E-state index is 13.4. The largest absolute Gasteiger partial charge is 0.496 e. The number of carbonyl (C=O) groups is 1. The van der Waals surface area contributed by atoms with Crippen LogP contribution in [0.5, 0.6) is 5.75 Å². The van der Waals surface area contributed by atoms with Crippen molar-refractivity contribution in [3.05, 3.63) is 28.8 Å². The van der Waals surface area contributed by atoms with Gasteiger partial charge in [0, 0.05) is 12.1 Å². The van der Waals surface area contributed by atoms with Crippen molar-refractivity contribution in [2.75, 3.05) is 20.2 Å². The summed E-state index contributed by atoms with van der Waals surface area (Å²) in [5, 5.41) is 0. The van der Waals surface area contributed by atoms with Crippen LogP contribution in [-0.2, 0) is 5.41 Å². The summed E-state index contributed by atoms with van der Waals surface area (Å²) < 4.78 is 5.51. The minimum absolute atomic E-state index is 0.0398. The number of fused-ring (bicyclic) bond motifs is 4. The Morgan fingerprint density at radius 2 is 2.08 bits per heavy atom. The fourth-order valence-electron chi connectivity index (χ4n) is 5.03. The Morgan fingerprint density at radius 3 is 2.75 bits per heavy atom. The molecule has 2 bridgehead atoms. The maximum Gasteiger partial charge on any atom is 0.180 e. The Kier molecular flexibility index (Phi) is 3.76. The van der Waals surface area contributed by atoms with Gasteiger partial charge >= 0.3 is 0 Å². The van der Waals surface area contributed by atoms with E-state index in [2.05, 4.69) is 31.7 Å². The van der Waals surface area contributed by atoms with Gasteiger partial charge in [0.1, 0.15) is 5.75 Å². The Bertz CT molecular complexity index is 679. The van der Waals surface area contributed by atoms with Crippen molar-refractivity contribution in [3.63, 3.8) is 0 Å². The van der Waals surface area contributed by atoms with Gasteiger partial charge in [-0.3, -0.25) is 9.69 Å². The molecule has 1 heterocycles. The van der Waals surface area contributed by atoms with Crippen LogP contribution in [0.1, 0.15) is 61.0 Å². The fraction of sp³-hybridized carbons (Fsp3) is 0.667. The van der Waals surface area contributed by atoms with E-state index in [1.807, 2.05) is 6.07 Å². The van der Waals surface area contributed by atoms with Gasteiger partial charge in [0.2, 0.25) is 0 Å². The van der Waals surface area contributed by atoms with Crippen molar-refractivity contribution in [3.8, 4) is 5.75 Å². The number of likely N-dealkylation sites (tertiary alicyclic amines) is 1. The topological polar surface area (TPSA) is 29.5 Å². The minimum Gasteiger partial charge on any atom is -0.496 e. The molecule has 2 fully saturated rings. The average Bonchev–Trinajstić information content (AvgIpc) is 3.37. The number of carbonyl (C=O) groups excluding carboxylic acids is 1. The zero-order chi connectivity index (χ0) is 17.1. The zero-order valence-electron chi connectivity index (χ0n) is 15.4. The van der Waals surface area contributed by atoms with Gasteiger partial charge in [-0.15, -0.1) is 0 Å². The number of ketones is 1. The Balaban J connectivity index is 1.83. The fourth-order valence-corrected chi connectivity index (χ4v) is 5.03. The van der Waals surface area contributed by atoms with Crippen LogP contribution in [0.2, 0.25) is 0 Å². The van der Waals surface area contributed by atoms with E-state index in [4.69, 9.17) is 4.74 Å². The van der Waals surface area contributed by atoms with E-state index in [1.54, 1.807) is 7.11 Å². The maximum absolute atomic E-state index is 13.4. The number of hydrogen-bond donors (Lipinski definition) is 0. The lowest BCUT2D eigenvalue weighted by molar-refractivity contribution is 0.0642. The Morgan fingerprint density at radius 1 is 1.33 bits per heavy atom. The first-order valence-corrected chi connectivity index (χ1v) is 9.43. The third kappa shape index (κ3) is 2.32. The summed E-state index contributed by atoms with van der Waals surface area (Å²) in [5.41, 5.74) is 3.38. The lowest BCUT2D eigenvalue weighted by Gasteiger charge is -2.46. The van der Waals surface area contributed by atoms with E-state index in [0.29, 0.717) is 11.7 Å². The van der Waals surface area contributed by atoms with Gasteiger partial charge in [0.15, 0.2) is 5.78 Å². The molecule has 1 aromatic carbocycles. The van der Waals surface area contributed by atoms with Gasteiger partial charge in [-0.25, -0.2) is 0 Å². The van der Waals surface area contributed by atoms with E-state index >= 15 is 0 Å². The number of rotatable bonds is 3. The second-order valence-corrected chi connectivity index (χ2v) is 8.42. The van der Waals surface area contributed by atoms with E-state index in [0.717, 1.165) is 42.3 Å². The molecule has 0 radical (unpaired) electrons. The minimum atomic E-state index is 0.0398. The SMILES string of the molecule is COc1cc2c(cc1C)[C@@]1(C)CCCN(CC3CC3)[C@H](C2=O)[C@@H]1C. The second-order valence-electron chi connectivity index (χ2n) is 8.42. The monoisotopic (exact) mass is 327 g/mol. The molecule has 0 unspecified atom stereocenters. The predicted octanol–water partition coefficient (Wildman–Crippen LogP) is 3.97. The third-order valence-electron chi connectivity index (χ3n) is 6.89. The molecular weight excluding hydrogens is 298 g/mol. The van der Waals surface area contributed by atoms with Crippen molar-refractivity contribution < 1.29 is 9.53 Å². The number of benzene rings is 1. The highest BCUT2D eigenvalue weighted by Crippen LogP contribution is 2.49. The molecule has 0 amide bonds. The van der Waals surface area contributed by atoms with Crippen molar-refractivity contribution in [1.82, 2.24) is 4.90 Å². The highest BCUT2D eigenvalue weighted by atomic mass is 16.5. The summed E-state index contributed by atoms with van der Waals surface area (Å²) in [6.07, 6.45) is 5.03. The molecule has 24 heavy (non-hydrogen) atoms. The van der Waals surface area contributed by atoms with Gasteiger partial charge in [0.05, 0.1) is 13.2 Å². The number of hydrogen-bond acceptors (Lipinski definition) is 3. The lowest BCUT2D eigenvalue weighted by Crippen LogP contribution is -2.53. The molecule has 0 aromatic heterocycles. The first kappa shape index (κ1) is 16.1. The van der Waals surface area contributed by atoms with E-state index in [1.165, 1.54) is 24.8 Å². The molecule has 0 spiro atoms. The molecule has 0 N–H and O–H groups in total. The first-order chi connectivity index (χ1) is 11.5. The number of methoxy groups -OCH3 is 1. The smallest absolute Gasteiger partial charge is 0.180 e. The Hall–Kier alpha value is -1.35. The number of aryl methyl sites for hydroxylation is 1. The van der Waals surface area contributed by atoms with E-state index in [9.17, 15) is 4.79 Å². The molecule has 3 atom stereocenters. The standard InChI is InChI=1S/C21H29NO2/c1-13-10-17-16(11-18(13)24-4)20(23)19-14(2)21(17,3)8-5-9-22(19)12-15-6-7-15/h10-11,14-15,19H,5-9,12H2,1-4H3/t14-,19-,21-/m0/s1. The molecule has 3 nitrogen and oxygen atoms in total. The summed E-state index contributed by atoms with van der Waals surface area (Å²) in [4.78, 5) is 15.9. The van der Waals surface area contributed by atoms with E-state index < -0.39 is 0 Å². The molecule has 1 saturated carbocycles. The molecule has 3 aliphatic rings. The van der Waals surface area contributed by atoms with Crippen LogP contribution >= 0.6 is 0 Å². The van der Waals surface area contributed by atoms with Crippen LogP contribution < -0.4 is 4.74 Å². The molecular formula is C21H29NO2. The summed E-state index contributed by atoms with van der Waals surface area (Å²) in [6, 6.07) is 4.26. The normalized spacial score (nSPS) is 33.1. The van der Waals surface area contributed by atoms with Gasteiger partial charge in [-0.1, -0.05) is 19.9 Å². The zero-order valence-corrected chi connectivity index (χ0v) is 15.4. The molecule has 4 rings (SSSR count). The third-order valence-corrected chi connectivity index (χ3v) is 6.89. The van der Waals surface area contributed by atoms with Crippen LogP contribution in [0.3, 0.4) is 0 Å². The van der Waals surface area contributed by atoms with Gasteiger partial charge in [-0.2, -0.15) is 0 Å². The molecule has 130 valence electrons. The summed E-state index contributed by atoms with van der Waals surface area (Å²) in [7, 11) is 1.69. The molecule has 1 aromatic rings. The van der Waals surface area contributed by atoms with Crippen LogP contribution in [0.15, 0.2) is 12.1 Å². The lowest BCUT2D eigenvalue weighted by atomic mass is 9.61. The Labute approximate surface area is 145 Å². The predicted molar refractivity (Wildman–Crippen MR) is 95.9 cm³/mol. The summed E-state index contributed by atoms with van der Waals surface area (Å²) in [5.74, 6) is 2.34. The van der Waals surface area contributed by atoms with Gasteiger partial charge in [0.25, 0.3) is 0 Å². The number of ether oxygens (including phenoxy) is 1. The van der Waals surface area contributed by atoms with Crippen LogP contribution in [-0.4, -0.2) is 36.9 Å². The summed E-state index contributed by atoms with van der Waals surface area (Å²) in [6.45, 7) is 8.94. The van der Waals surface area contributed by atoms with Gasteiger partial charge in [-0.05, 0) is 73.6 Å². The van der Waals surface area contributed by atoms with Crippen LogP contribution in [0.4, 0.5) is 0 Å². The second kappa shape index (κ2) is 5.59. The molecule has 2 aliphatic carbocycles. The van der Waals surface area contributed by atoms with Crippen LogP contribution in [0, 0.1) is 18.8 Å². The van der Waals surface area contributed by atoms with Crippen molar-refractivity contribution >= 4 is 5.78 Å². The summed E-state index contributed by atoms with van der Waals surface area (Å²) >= 11 is 0. The number of nitrogens with zero attached hydrogens (tertiary/aromatic N) is 1. The molecule has 1 saturated heterocycles. The van der Waals surface area contributed by atoms with Crippen molar-refractivity contribution in [2.45, 2.75) is 57.9 Å². The van der Waals surface area contributed by atoms with E-state index in [-0.39, 0.29) is 11.5 Å². The molecule has 3 heteroatoms. The first-order valence-electron chi connectivity index (χ1n) is 9.43. The van der Waals surface area contributed by atoms with Crippen molar-refractivity contribution in [2.24, 2.45) is 11.8 Å². The highest BCUT2D eigenvalue weighted by molar-refractivity contribution is 6.04. The van der Waals surface area contributed by atoms with Gasteiger partial charge < -0.3 is 4.74 Å². The number of Topliss-reactive ketones (excluding diaryl/α,β-unsaturated/α-hetero) is 1. The van der Waals surface area contributed by atoms with Crippen LogP contribution in [0.25, 0.3) is 0 Å². The quantitative estimate of drug-likeness (QED) is 0.841. The molecule has 1 aliphatic heterocycles.